The van der Waals surface area contributed by atoms with Gasteiger partial charge in [0.1, 0.15) is 5.56 Å². The molecule has 0 radical (unpaired) electrons. The average Bonchev–Trinajstić information content (AvgIpc) is 2.82. The van der Waals surface area contributed by atoms with Gasteiger partial charge in [-0.25, -0.2) is 9.53 Å². The molecule has 2 heterocycles. The first-order chi connectivity index (χ1) is 10.2. The highest BCUT2D eigenvalue weighted by Gasteiger charge is 2.28. The van der Waals surface area contributed by atoms with Crippen molar-refractivity contribution in [1.82, 2.24) is 9.64 Å². The van der Waals surface area contributed by atoms with Gasteiger partial charge in [-0.1, -0.05) is 30.3 Å². The zero-order valence-corrected chi connectivity index (χ0v) is 11.7. The summed E-state index contributed by atoms with van der Waals surface area (Å²) in [5.74, 6) is -0.203. The van der Waals surface area contributed by atoms with Gasteiger partial charge in [-0.15, -0.1) is 0 Å². The number of hydrogen-bond donors (Lipinski definition) is 0. The molecular formula is C15H16N2O4. The van der Waals surface area contributed by atoms with Crippen LogP contribution >= 0.6 is 0 Å². The fourth-order valence-electron chi connectivity index (χ4n) is 2.49. The minimum Gasteiger partial charge on any atom is -0.378 e. The quantitative estimate of drug-likeness (QED) is 0.830. The molecule has 0 spiro atoms. The summed E-state index contributed by atoms with van der Waals surface area (Å²) < 4.78 is 11.6. The van der Waals surface area contributed by atoms with E-state index in [1.165, 1.54) is 4.74 Å². The first kappa shape index (κ1) is 13.6. The highest BCUT2D eigenvalue weighted by atomic mass is 16.5. The molecule has 6 heteroatoms. The second-order valence-corrected chi connectivity index (χ2v) is 4.87. The average molecular weight is 288 g/mol. The third kappa shape index (κ3) is 2.50. The van der Waals surface area contributed by atoms with Crippen molar-refractivity contribution in [3.63, 3.8) is 0 Å². The first-order valence-electron chi connectivity index (χ1n) is 6.81. The molecule has 0 bridgehead atoms. The molecule has 0 aliphatic carbocycles. The van der Waals surface area contributed by atoms with Crippen molar-refractivity contribution in [1.29, 1.82) is 0 Å². The van der Waals surface area contributed by atoms with Crippen LogP contribution in [0.25, 0.3) is 11.1 Å². The Labute approximate surface area is 121 Å². The Morgan fingerprint density at radius 1 is 1.14 bits per heavy atom. The first-order valence-corrected chi connectivity index (χ1v) is 6.81. The number of nitrogens with zero attached hydrogens (tertiary/aromatic N) is 2. The van der Waals surface area contributed by atoms with Crippen LogP contribution in [-0.4, -0.2) is 41.9 Å². The molecule has 21 heavy (non-hydrogen) atoms. The van der Waals surface area contributed by atoms with Crippen molar-refractivity contribution < 1.29 is 14.1 Å². The minimum atomic E-state index is -0.500. The van der Waals surface area contributed by atoms with Crippen molar-refractivity contribution in [3.05, 3.63) is 46.4 Å². The van der Waals surface area contributed by atoms with Crippen molar-refractivity contribution in [2.45, 2.75) is 0 Å². The van der Waals surface area contributed by atoms with Gasteiger partial charge in [-0.3, -0.25) is 4.79 Å². The van der Waals surface area contributed by atoms with Crippen LogP contribution in [0.1, 0.15) is 10.5 Å². The second kappa shape index (κ2) is 5.57. The van der Waals surface area contributed by atoms with Gasteiger partial charge in [-0.2, -0.15) is 0 Å². The fraction of sp³-hybridized carbons (Fsp3) is 0.333. The van der Waals surface area contributed by atoms with E-state index in [9.17, 15) is 9.59 Å². The maximum atomic E-state index is 12.7. The number of amides is 1. The van der Waals surface area contributed by atoms with Crippen molar-refractivity contribution in [2.75, 3.05) is 26.3 Å². The molecule has 0 unspecified atom stereocenters. The molecule has 1 saturated heterocycles. The van der Waals surface area contributed by atoms with Crippen LogP contribution in [0.3, 0.4) is 0 Å². The Morgan fingerprint density at radius 2 is 1.81 bits per heavy atom. The van der Waals surface area contributed by atoms with Gasteiger partial charge < -0.3 is 14.2 Å². The van der Waals surface area contributed by atoms with Crippen LogP contribution in [0.4, 0.5) is 0 Å². The van der Waals surface area contributed by atoms with Crippen LogP contribution in [0, 0.1) is 0 Å². The fourth-order valence-corrected chi connectivity index (χ4v) is 2.49. The second-order valence-electron chi connectivity index (χ2n) is 4.87. The van der Waals surface area contributed by atoms with E-state index in [2.05, 4.69) is 0 Å². The van der Waals surface area contributed by atoms with E-state index in [-0.39, 0.29) is 11.6 Å². The molecule has 2 aromatic rings. The molecule has 1 aliphatic heterocycles. The molecule has 1 fully saturated rings. The molecular weight excluding hydrogens is 272 g/mol. The molecule has 1 aromatic heterocycles. The van der Waals surface area contributed by atoms with Gasteiger partial charge in [0, 0.05) is 20.1 Å². The maximum absolute atomic E-state index is 12.7. The van der Waals surface area contributed by atoms with Gasteiger partial charge in [0.2, 0.25) is 0 Å². The smallest absolute Gasteiger partial charge is 0.366 e. The Kier molecular flexibility index (Phi) is 3.62. The largest absolute Gasteiger partial charge is 0.378 e. The molecule has 0 N–H and O–H groups in total. The Balaban J connectivity index is 2.06. The van der Waals surface area contributed by atoms with Crippen molar-refractivity contribution >= 4 is 5.91 Å². The molecule has 0 atom stereocenters. The summed E-state index contributed by atoms with van der Waals surface area (Å²) in [6.07, 6.45) is 0. The van der Waals surface area contributed by atoms with Gasteiger partial charge in [0.05, 0.1) is 13.2 Å². The number of carbonyl (C=O) groups is 1. The Bertz CT molecular complexity index is 696. The van der Waals surface area contributed by atoms with Crippen LogP contribution in [-0.2, 0) is 11.8 Å². The number of morpholine rings is 1. The van der Waals surface area contributed by atoms with E-state index in [4.69, 9.17) is 9.26 Å². The van der Waals surface area contributed by atoms with E-state index in [1.54, 1.807) is 24.1 Å². The Morgan fingerprint density at radius 3 is 2.48 bits per heavy atom. The molecule has 6 nitrogen and oxygen atoms in total. The normalized spacial score (nSPS) is 15.2. The van der Waals surface area contributed by atoms with E-state index in [0.29, 0.717) is 37.4 Å². The summed E-state index contributed by atoms with van der Waals surface area (Å²) in [7, 11) is 1.57. The molecule has 1 aromatic carbocycles. The minimum absolute atomic E-state index is 0.203. The van der Waals surface area contributed by atoms with Gasteiger partial charge in [0.25, 0.3) is 5.91 Å². The van der Waals surface area contributed by atoms with Gasteiger partial charge >= 0.3 is 5.63 Å². The highest BCUT2D eigenvalue weighted by molar-refractivity contribution is 5.99. The predicted molar refractivity (Wildman–Crippen MR) is 76.1 cm³/mol. The lowest BCUT2D eigenvalue weighted by Gasteiger charge is -2.26. The molecule has 0 saturated carbocycles. The number of hydrogen-bond acceptors (Lipinski definition) is 4. The molecule has 3 rings (SSSR count). The third-order valence-electron chi connectivity index (χ3n) is 3.54. The van der Waals surface area contributed by atoms with E-state index >= 15 is 0 Å². The summed E-state index contributed by atoms with van der Waals surface area (Å²) >= 11 is 0. The topological polar surface area (TPSA) is 64.7 Å². The summed E-state index contributed by atoms with van der Waals surface area (Å²) in [4.78, 5) is 26.4. The SMILES string of the molecule is Cn1oc(=O)c(-c2ccccc2)c1C(=O)N1CCOCC1. The molecule has 1 aliphatic rings. The lowest BCUT2D eigenvalue weighted by atomic mass is 10.1. The predicted octanol–water partition coefficient (Wildman–Crippen LogP) is 1.12. The number of benzene rings is 1. The summed E-state index contributed by atoms with van der Waals surface area (Å²) in [6.45, 7) is 2.06. The highest BCUT2D eigenvalue weighted by Crippen LogP contribution is 2.22. The summed E-state index contributed by atoms with van der Waals surface area (Å²) in [6, 6.07) is 9.09. The van der Waals surface area contributed by atoms with E-state index < -0.39 is 5.63 Å². The lowest BCUT2D eigenvalue weighted by molar-refractivity contribution is 0.0290. The van der Waals surface area contributed by atoms with Crippen LogP contribution < -0.4 is 5.63 Å². The van der Waals surface area contributed by atoms with Crippen LogP contribution in [0.5, 0.6) is 0 Å². The number of ether oxygens (including phenoxy) is 1. The number of aryl methyl sites for hydroxylation is 1. The Hall–Kier alpha value is -2.34. The molecule has 1 amide bonds. The van der Waals surface area contributed by atoms with Gasteiger partial charge in [-0.05, 0) is 5.56 Å². The maximum Gasteiger partial charge on any atom is 0.366 e. The van der Waals surface area contributed by atoms with E-state index in [1.807, 2.05) is 18.2 Å². The molecule has 110 valence electrons. The van der Waals surface area contributed by atoms with Crippen LogP contribution in [0.2, 0.25) is 0 Å². The van der Waals surface area contributed by atoms with Crippen LogP contribution in [0.15, 0.2) is 39.6 Å². The monoisotopic (exact) mass is 288 g/mol. The summed E-state index contributed by atoms with van der Waals surface area (Å²) in [5, 5.41) is 0. The van der Waals surface area contributed by atoms with Crippen molar-refractivity contribution in [2.24, 2.45) is 7.05 Å². The lowest BCUT2D eigenvalue weighted by Crippen LogP contribution is -2.41. The zero-order chi connectivity index (χ0) is 14.8. The number of rotatable bonds is 2. The number of carbonyl (C=O) groups excluding carboxylic acids is 1. The van der Waals surface area contributed by atoms with Crippen molar-refractivity contribution in [3.8, 4) is 11.1 Å². The standard InChI is InChI=1S/C15H16N2O4/c1-16-13(14(18)17-7-9-20-10-8-17)12(15(19)21-16)11-5-3-2-4-6-11/h2-6H,7-10H2,1H3. The summed E-state index contributed by atoms with van der Waals surface area (Å²) in [5.41, 5.74) is 0.784. The third-order valence-corrected chi connectivity index (χ3v) is 3.54. The number of aromatic nitrogens is 1. The zero-order valence-electron chi connectivity index (χ0n) is 11.7. The van der Waals surface area contributed by atoms with E-state index in [0.717, 1.165) is 0 Å². The van der Waals surface area contributed by atoms with Gasteiger partial charge in [0.15, 0.2) is 5.69 Å².